The van der Waals surface area contributed by atoms with Gasteiger partial charge in [0.15, 0.2) is 6.10 Å². The molecule has 2 atom stereocenters. The van der Waals surface area contributed by atoms with E-state index < -0.39 is 18.1 Å². The zero-order chi connectivity index (χ0) is 13.3. The fourth-order valence-corrected chi connectivity index (χ4v) is 1.15. The number of urea groups is 1. The third-order valence-corrected chi connectivity index (χ3v) is 2.18. The highest BCUT2D eigenvalue weighted by atomic mass is 16.5. The highest BCUT2D eigenvalue weighted by Crippen LogP contribution is 1.92. The molecule has 0 spiro atoms. The number of methoxy groups -OCH3 is 1. The van der Waals surface area contributed by atoms with Crippen molar-refractivity contribution < 1.29 is 24.5 Å². The van der Waals surface area contributed by atoms with Gasteiger partial charge < -0.3 is 25.6 Å². The van der Waals surface area contributed by atoms with E-state index in [1.54, 1.807) is 7.11 Å². The Bertz CT molecular complexity index is 247. The molecule has 0 radical (unpaired) electrons. The molecule has 4 N–H and O–H groups in total. The Balaban J connectivity index is 3.75. The number of ether oxygens (including phenoxy) is 1. The van der Waals surface area contributed by atoms with Crippen LogP contribution < -0.4 is 10.6 Å². The molecule has 0 aliphatic carbocycles. The number of carboxylic acids is 1. The summed E-state index contributed by atoms with van der Waals surface area (Å²) in [4.78, 5) is 21.6. The van der Waals surface area contributed by atoms with E-state index in [1.165, 1.54) is 0 Å². The molecule has 17 heavy (non-hydrogen) atoms. The van der Waals surface area contributed by atoms with Crippen LogP contribution in [0.15, 0.2) is 0 Å². The van der Waals surface area contributed by atoms with E-state index in [2.05, 4.69) is 10.6 Å². The van der Waals surface area contributed by atoms with Crippen molar-refractivity contribution in [3.05, 3.63) is 0 Å². The standard InChI is InChI=1S/C10H20N2O5/c1-3-7(6-17-2)12-10(16)11-5-4-8(13)9(14)15/h7-8,13H,3-6H2,1-2H3,(H,14,15)(H2,11,12,16)/t7?,8-/m0/s1. The highest BCUT2D eigenvalue weighted by molar-refractivity contribution is 5.74. The Morgan fingerprint density at radius 1 is 1.41 bits per heavy atom. The second-order valence-corrected chi connectivity index (χ2v) is 3.60. The van der Waals surface area contributed by atoms with Crippen molar-refractivity contribution in [3.8, 4) is 0 Å². The molecule has 0 aliphatic heterocycles. The third-order valence-electron chi connectivity index (χ3n) is 2.18. The van der Waals surface area contributed by atoms with E-state index in [-0.39, 0.29) is 19.0 Å². The smallest absolute Gasteiger partial charge is 0.332 e. The number of carboxylic acid groups (broad SMARTS) is 1. The number of hydrogen-bond donors (Lipinski definition) is 4. The van der Waals surface area contributed by atoms with Crippen molar-refractivity contribution in [2.24, 2.45) is 0 Å². The van der Waals surface area contributed by atoms with Crippen molar-refractivity contribution in [2.45, 2.75) is 31.9 Å². The summed E-state index contributed by atoms with van der Waals surface area (Å²) in [6.07, 6.45) is -0.737. The molecule has 0 aromatic carbocycles. The number of aliphatic carboxylic acids is 1. The Hall–Kier alpha value is -1.34. The minimum absolute atomic E-state index is 0.0240. The average molecular weight is 248 g/mol. The summed E-state index contributed by atoms with van der Waals surface area (Å²) in [6.45, 7) is 2.43. The quantitative estimate of drug-likeness (QED) is 0.465. The fraction of sp³-hybridized carbons (Fsp3) is 0.800. The molecule has 0 saturated heterocycles. The number of aliphatic hydroxyl groups excluding tert-OH is 1. The molecular formula is C10H20N2O5. The van der Waals surface area contributed by atoms with Gasteiger partial charge in [-0.05, 0) is 6.42 Å². The number of nitrogens with one attached hydrogen (secondary N) is 2. The molecule has 0 aromatic rings. The molecule has 7 heteroatoms. The van der Waals surface area contributed by atoms with E-state index >= 15 is 0 Å². The number of carbonyl (C=O) groups is 2. The van der Waals surface area contributed by atoms with Gasteiger partial charge in [-0.25, -0.2) is 9.59 Å². The SMILES string of the molecule is CCC(COC)NC(=O)NCC[C@H](O)C(=O)O. The minimum atomic E-state index is -1.45. The first-order chi connectivity index (χ1) is 8.01. The van der Waals surface area contributed by atoms with Crippen LogP contribution in [0, 0.1) is 0 Å². The zero-order valence-electron chi connectivity index (χ0n) is 10.1. The highest BCUT2D eigenvalue weighted by Gasteiger charge is 2.14. The van der Waals surface area contributed by atoms with Gasteiger partial charge in [-0.2, -0.15) is 0 Å². The van der Waals surface area contributed by atoms with E-state index in [1.807, 2.05) is 6.92 Å². The van der Waals surface area contributed by atoms with Gasteiger partial charge in [0, 0.05) is 20.1 Å². The van der Waals surface area contributed by atoms with Crippen molar-refractivity contribution in [1.82, 2.24) is 10.6 Å². The number of hydrogen-bond acceptors (Lipinski definition) is 4. The fourth-order valence-electron chi connectivity index (χ4n) is 1.15. The third kappa shape index (κ3) is 7.53. The lowest BCUT2D eigenvalue weighted by molar-refractivity contribution is -0.146. The molecule has 1 unspecified atom stereocenters. The van der Waals surface area contributed by atoms with Crippen molar-refractivity contribution in [3.63, 3.8) is 0 Å². The van der Waals surface area contributed by atoms with Gasteiger partial charge in [0.25, 0.3) is 0 Å². The van der Waals surface area contributed by atoms with Crippen LogP contribution in [0.25, 0.3) is 0 Å². The van der Waals surface area contributed by atoms with Crippen LogP contribution in [0.4, 0.5) is 4.79 Å². The van der Waals surface area contributed by atoms with Gasteiger partial charge in [-0.3, -0.25) is 0 Å². The van der Waals surface area contributed by atoms with Crippen molar-refractivity contribution in [1.29, 1.82) is 0 Å². The number of amides is 2. The molecule has 100 valence electrons. The van der Waals surface area contributed by atoms with Crippen LogP contribution in [0.3, 0.4) is 0 Å². The molecule has 0 aromatic heterocycles. The summed E-state index contributed by atoms with van der Waals surface area (Å²) >= 11 is 0. The summed E-state index contributed by atoms with van der Waals surface area (Å²) in [7, 11) is 1.55. The van der Waals surface area contributed by atoms with Crippen molar-refractivity contribution >= 4 is 12.0 Å². The van der Waals surface area contributed by atoms with Crippen LogP contribution in [0.1, 0.15) is 19.8 Å². The van der Waals surface area contributed by atoms with Crippen LogP contribution in [-0.2, 0) is 9.53 Å². The second-order valence-electron chi connectivity index (χ2n) is 3.60. The molecule has 7 nitrogen and oxygen atoms in total. The first-order valence-corrected chi connectivity index (χ1v) is 5.45. The maximum Gasteiger partial charge on any atom is 0.332 e. The number of aliphatic hydroxyl groups is 1. The predicted octanol–water partition coefficient (Wildman–Crippen LogP) is -0.454. The molecule has 0 aliphatic rings. The average Bonchev–Trinajstić information content (AvgIpc) is 2.28. The Labute approximate surface area is 100 Å². The monoisotopic (exact) mass is 248 g/mol. The van der Waals surface area contributed by atoms with Crippen LogP contribution in [0.2, 0.25) is 0 Å². The summed E-state index contributed by atoms with van der Waals surface area (Å²) in [5.41, 5.74) is 0. The first-order valence-electron chi connectivity index (χ1n) is 5.45. The van der Waals surface area contributed by atoms with Gasteiger partial charge in [0.1, 0.15) is 0 Å². The van der Waals surface area contributed by atoms with E-state index in [0.29, 0.717) is 6.61 Å². The zero-order valence-corrected chi connectivity index (χ0v) is 10.1. The second kappa shape index (κ2) is 8.77. The molecule has 0 bridgehead atoms. The Morgan fingerprint density at radius 2 is 2.06 bits per heavy atom. The normalized spacial score (nSPS) is 13.8. The van der Waals surface area contributed by atoms with E-state index in [4.69, 9.17) is 14.9 Å². The first kappa shape index (κ1) is 15.7. The lowest BCUT2D eigenvalue weighted by atomic mass is 10.2. The van der Waals surface area contributed by atoms with Gasteiger partial charge in [-0.1, -0.05) is 6.92 Å². The van der Waals surface area contributed by atoms with E-state index in [9.17, 15) is 9.59 Å². The molecule has 2 amide bonds. The minimum Gasteiger partial charge on any atom is -0.479 e. The maximum absolute atomic E-state index is 11.3. The van der Waals surface area contributed by atoms with Crippen molar-refractivity contribution in [2.75, 3.05) is 20.3 Å². The summed E-state index contributed by atoms with van der Waals surface area (Å²) in [5.74, 6) is -1.29. The van der Waals surface area contributed by atoms with Gasteiger partial charge >= 0.3 is 12.0 Å². The van der Waals surface area contributed by atoms with Gasteiger partial charge in [0.2, 0.25) is 0 Å². The van der Waals surface area contributed by atoms with E-state index in [0.717, 1.165) is 6.42 Å². The Morgan fingerprint density at radius 3 is 2.53 bits per heavy atom. The summed E-state index contributed by atoms with van der Waals surface area (Å²) in [5, 5.41) is 22.5. The van der Waals surface area contributed by atoms with Crippen LogP contribution in [-0.4, -0.2) is 54.6 Å². The molecule has 0 saturated carbocycles. The van der Waals surface area contributed by atoms with Crippen LogP contribution in [0.5, 0.6) is 0 Å². The van der Waals surface area contributed by atoms with Crippen LogP contribution >= 0.6 is 0 Å². The molecular weight excluding hydrogens is 228 g/mol. The Kier molecular flexibility index (Phi) is 8.08. The summed E-state index contributed by atoms with van der Waals surface area (Å²) < 4.78 is 4.91. The molecule has 0 fully saturated rings. The number of rotatable bonds is 8. The topological polar surface area (TPSA) is 108 Å². The maximum atomic E-state index is 11.3. The molecule has 0 heterocycles. The lowest BCUT2D eigenvalue weighted by Crippen LogP contribution is -2.44. The predicted molar refractivity (Wildman–Crippen MR) is 60.7 cm³/mol. The number of carbonyl (C=O) groups excluding carboxylic acids is 1. The van der Waals surface area contributed by atoms with Gasteiger partial charge in [0.05, 0.1) is 12.6 Å². The molecule has 0 rings (SSSR count). The van der Waals surface area contributed by atoms with Gasteiger partial charge in [-0.15, -0.1) is 0 Å². The largest absolute Gasteiger partial charge is 0.479 e. The summed E-state index contributed by atoms with van der Waals surface area (Å²) in [6, 6.07) is -0.476. The lowest BCUT2D eigenvalue weighted by Gasteiger charge is -2.16.